The van der Waals surface area contributed by atoms with Crippen molar-refractivity contribution < 1.29 is 8.78 Å². The zero-order chi connectivity index (χ0) is 13.0. The molecule has 0 amide bonds. The van der Waals surface area contributed by atoms with Crippen LogP contribution in [0, 0.1) is 17.6 Å². The number of halogens is 3. The van der Waals surface area contributed by atoms with Crippen molar-refractivity contribution >= 4 is 11.6 Å². The van der Waals surface area contributed by atoms with Crippen molar-refractivity contribution in [2.24, 2.45) is 5.92 Å². The van der Waals surface area contributed by atoms with Crippen molar-refractivity contribution in [3.05, 3.63) is 34.4 Å². The lowest BCUT2D eigenvalue weighted by Gasteiger charge is -2.25. The number of hydrogen-bond acceptors (Lipinski definition) is 1. The topological polar surface area (TPSA) is 12.0 Å². The Morgan fingerprint density at radius 1 is 1.18 bits per heavy atom. The van der Waals surface area contributed by atoms with Gasteiger partial charge in [0.15, 0.2) is 0 Å². The molecule has 1 nitrogen and oxygen atoms in total. The molecule has 0 saturated carbocycles. The molecule has 0 aliphatic carbocycles. The molecule has 1 rings (SSSR count). The quantitative estimate of drug-likeness (QED) is 0.779. The molecule has 1 aromatic rings. The van der Waals surface area contributed by atoms with E-state index in [0.717, 1.165) is 18.9 Å². The van der Waals surface area contributed by atoms with Crippen LogP contribution in [-0.2, 0) is 0 Å². The molecule has 0 aromatic heterocycles. The molecule has 0 fully saturated rings. The predicted octanol–water partition coefficient (Wildman–Crippen LogP) is 4.31. The summed E-state index contributed by atoms with van der Waals surface area (Å²) in [6, 6.07) is 2.05. The fourth-order valence-electron chi connectivity index (χ4n) is 2.18. The van der Waals surface area contributed by atoms with E-state index in [1.807, 2.05) is 13.8 Å². The van der Waals surface area contributed by atoms with Crippen molar-refractivity contribution in [1.29, 1.82) is 0 Å². The third-order valence-corrected chi connectivity index (χ3v) is 3.50. The highest BCUT2D eigenvalue weighted by molar-refractivity contribution is 6.30. The van der Waals surface area contributed by atoms with Crippen molar-refractivity contribution in [2.75, 3.05) is 7.05 Å². The maximum absolute atomic E-state index is 13.8. The van der Waals surface area contributed by atoms with Crippen LogP contribution in [0.5, 0.6) is 0 Å². The molecule has 0 heterocycles. The summed E-state index contributed by atoms with van der Waals surface area (Å²) in [4.78, 5) is 0. The third-order valence-electron chi connectivity index (χ3n) is 3.21. The second kappa shape index (κ2) is 6.31. The van der Waals surface area contributed by atoms with Crippen LogP contribution in [0.1, 0.15) is 38.3 Å². The van der Waals surface area contributed by atoms with Crippen molar-refractivity contribution in [3.8, 4) is 0 Å². The van der Waals surface area contributed by atoms with Crippen LogP contribution in [0.15, 0.2) is 12.1 Å². The second-order valence-corrected chi connectivity index (χ2v) is 4.54. The van der Waals surface area contributed by atoms with E-state index >= 15 is 0 Å². The molecule has 0 aliphatic rings. The second-order valence-electron chi connectivity index (χ2n) is 4.13. The Kier molecular flexibility index (Phi) is 5.34. The molecule has 0 saturated heterocycles. The van der Waals surface area contributed by atoms with E-state index in [-0.39, 0.29) is 17.0 Å². The average molecular weight is 262 g/mol. The summed E-state index contributed by atoms with van der Waals surface area (Å²) in [6.45, 7) is 4.09. The smallest absolute Gasteiger partial charge is 0.142 e. The number of nitrogens with one attached hydrogen (secondary N) is 1. The van der Waals surface area contributed by atoms with Gasteiger partial charge in [0.1, 0.15) is 11.6 Å². The zero-order valence-corrected chi connectivity index (χ0v) is 11.1. The molecule has 4 heteroatoms. The van der Waals surface area contributed by atoms with Crippen LogP contribution in [0.25, 0.3) is 0 Å². The van der Waals surface area contributed by atoms with Gasteiger partial charge in [0.05, 0.1) is 5.02 Å². The Hall–Kier alpha value is -0.670. The Balaban J connectivity index is 3.15. The van der Waals surface area contributed by atoms with Crippen LogP contribution in [-0.4, -0.2) is 7.05 Å². The molecule has 0 aliphatic heterocycles. The molecule has 96 valence electrons. The lowest BCUT2D eigenvalue weighted by atomic mass is 9.88. The summed E-state index contributed by atoms with van der Waals surface area (Å²) in [5.41, 5.74) is 0.350. The van der Waals surface area contributed by atoms with E-state index < -0.39 is 11.6 Å². The molecule has 1 atom stereocenters. The SMILES string of the molecule is CCC(CC)C(NC)c1cc(F)c(Cl)cc1F. The Morgan fingerprint density at radius 3 is 2.24 bits per heavy atom. The van der Waals surface area contributed by atoms with E-state index in [2.05, 4.69) is 5.32 Å². The van der Waals surface area contributed by atoms with Crippen LogP contribution >= 0.6 is 11.6 Å². The number of rotatable bonds is 5. The van der Waals surface area contributed by atoms with E-state index in [1.165, 1.54) is 6.07 Å². The van der Waals surface area contributed by atoms with Gasteiger partial charge >= 0.3 is 0 Å². The van der Waals surface area contributed by atoms with E-state index in [9.17, 15) is 8.78 Å². The summed E-state index contributed by atoms with van der Waals surface area (Å²) < 4.78 is 27.2. The molecule has 17 heavy (non-hydrogen) atoms. The lowest BCUT2D eigenvalue weighted by molar-refractivity contribution is 0.348. The van der Waals surface area contributed by atoms with Gasteiger partial charge in [0, 0.05) is 11.6 Å². The van der Waals surface area contributed by atoms with E-state index in [4.69, 9.17) is 11.6 Å². The van der Waals surface area contributed by atoms with Gasteiger partial charge in [-0.3, -0.25) is 0 Å². The first-order valence-electron chi connectivity index (χ1n) is 5.86. The highest BCUT2D eigenvalue weighted by atomic mass is 35.5. The highest BCUT2D eigenvalue weighted by Crippen LogP contribution is 2.31. The van der Waals surface area contributed by atoms with Crippen molar-refractivity contribution in [3.63, 3.8) is 0 Å². The van der Waals surface area contributed by atoms with Crippen LogP contribution in [0.3, 0.4) is 0 Å². The molecular weight excluding hydrogens is 244 g/mol. The molecule has 0 bridgehead atoms. The average Bonchev–Trinajstić information content (AvgIpc) is 2.31. The van der Waals surface area contributed by atoms with E-state index in [1.54, 1.807) is 7.05 Å². The molecule has 0 radical (unpaired) electrons. The summed E-state index contributed by atoms with van der Waals surface area (Å²) >= 11 is 5.55. The number of hydrogen-bond donors (Lipinski definition) is 1. The first kappa shape index (κ1) is 14.4. The number of benzene rings is 1. The summed E-state index contributed by atoms with van der Waals surface area (Å²) in [7, 11) is 1.76. The van der Waals surface area contributed by atoms with Crippen molar-refractivity contribution in [1.82, 2.24) is 5.32 Å². The normalized spacial score (nSPS) is 13.1. The highest BCUT2D eigenvalue weighted by Gasteiger charge is 2.23. The fourth-order valence-corrected chi connectivity index (χ4v) is 2.33. The molecular formula is C13H18ClF2N. The minimum atomic E-state index is -0.575. The van der Waals surface area contributed by atoms with Gasteiger partial charge in [-0.15, -0.1) is 0 Å². The Morgan fingerprint density at radius 2 is 1.76 bits per heavy atom. The molecule has 1 aromatic carbocycles. The lowest BCUT2D eigenvalue weighted by Crippen LogP contribution is -2.25. The largest absolute Gasteiger partial charge is 0.313 e. The Bertz CT molecular complexity index is 378. The zero-order valence-electron chi connectivity index (χ0n) is 10.4. The maximum atomic E-state index is 13.8. The van der Waals surface area contributed by atoms with Gasteiger partial charge < -0.3 is 5.32 Å². The summed E-state index contributed by atoms with van der Waals surface area (Å²) in [5, 5.41) is 2.88. The maximum Gasteiger partial charge on any atom is 0.142 e. The van der Waals surface area contributed by atoms with Gasteiger partial charge in [0.2, 0.25) is 0 Å². The van der Waals surface area contributed by atoms with E-state index in [0.29, 0.717) is 5.56 Å². The molecule has 1 unspecified atom stereocenters. The fraction of sp³-hybridized carbons (Fsp3) is 0.538. The third kappa shape index (κ3) is 3.17. The van der Waals surface area contributed by atoms with Gasteiger partial charge in [-0.05, 0) is 25.1 Å². The van der Waals surface area contributed by atoms with Gasteiger partial charge in [-0.25, -0.2) is 8.78 Å². The summed E-state index contributed by atoms with van der Waals surface area (Å²) in [6.07, 6.45) is 1.82. The van der Waals surface area contributed by atoms with Gasteiger partial charge in [-0.2, -0.15) is 0 Å². The minimum Gasteiger partial charge on any atom is -0.313 e. The Labute approximate surface area is 106 Å². The summed E-state index contributed by atoms with van der Waals surface area (Å²) in [5.74, 6) is -0.757. The van der Waals surface area contributed by atoms with Gasteiger partial charge in [0.25, 0.3) is 0 Å². The van der Waals surface area contributed by atoms with Crippen molar-refractivity contribution in [2.45, 2.75) is 32.7 Å². The first-order valence-corrected chi connectivity index (χ1v) is 6.24. The monoisotopic (exact) mass is 261 g/mol. The van der Waals surface area contributed by atoms with Crippen LogP contribution in [0.2, 0.25) is 5.02 Å². The van der Waals surface area contributed by atoms with Crippen LogP contribution in [0.4, 0.5) is 8.78 Å². The minimum absolute atomic E-state index is 0.175. The first-order chi connectivity index (χ1) is 8.04. The standard InChI is InChI=1S/C13H18ClF2N/c1-4-8(5-2)13(17-3)9-6-12(16)10(14)7-11(9)15/h6-8,13,17H,4-5H2,1-3H3. The van der Waals surface area contributed by atoms with Gasteiger partial charge in [-0.1, -0.05) is 38.3 Å². The van der Waals surface area contributed by atoms with Crippen LogP contribution < -0.4 is 5.32 Å². The predicted molar refractivity (Wildman–Crippen MR) is 67.2 cm³/mol. The molecule has 1 N–H and O–H groups in total. The molecule has 0 spiro atoms.